The average Bonchev–Trinajstić information content (AvgIpc) is 2.75. The summed E-state index contributed by atoms with van der Waals surface area (Å²) in [5, 5.41) is 2.70. The van der Waals surface area contributed by atoms with Crippen LogP contribution in [0.15, 0.2) is 78.9 Å². The second-order valence-corrected chi connectivity index (χ2v) is 9.69. The largest absolute Gasteiger partial charge is 0.487 e. The maximum atomic E-state index is 12.4. The van der Waals surface area contributed by atoms with Gasteiger partial charge >= 0.3 is 0 Å². The van der Waals surface area contributed by atoms with E-state index >= 15 is 0 Å². The molecule has 0 saturated carbocycles. The number of hydrogen-bond donors (Lipinski definition) is 1. The van der Waals surface area contributed by atoms with Gasteiger partial charge in [-0.1, -0.05) is 66.7 Å². The molecular formula is C25H27NO4S. The topological polar surface area (TPSA) is 72.5 Å². The molecule has 0 aromatic heterocycles. The highest BCUT2D eigenvalue weighted by molar-refractivity contribution is 7.92. The van der Waals surface area contributed by atoms with E-state index in [1.165, 1.54) is 0 Å². The lowest BCUT2D eigenvalue weighted by molar-refractivity contribution is -0.113. The molecule has 0 unspecified atom stereocenters. The molecule has 1 N–H and O–H groups in total. The van der Waals surface area contributed by atoms with Gasteiger partial charge < -0.3 is 10.1 Å². The first-order chi connectivity index (χ1) is 14.9. The maximum Gasteiger partial charge on any atom is 0.239 e. The minimum atomic E-state index is -3.50. The van der Waals surface area contributed by atoms with Crippen LogP contribution in [0.4, 0.5) is 5.69 Å². The summed E-state index contributed by atoms with van der Waals surface area (Å²) in [6, 6.07) is 24.8. The molecule has 0 aliphatic rings. The van der Waals surface area contributed by atoms with Crippen LogP contribution < -0.4 is 10.1 Å². The van der Waals surface area contributed by atoms with Gasteiger partial charge in [0.25, 0.3) is 0 Å². The quantitative estimate of drug-likeness (QED) is 0.505. The summed E-state index contributed by atoms with van der Waals surface area (Å²) in [4.78, 5) is 12.4. The first-order valence-corrected chi connectivity index (χ1v) is 12.0. The number of amides is 1. The third-order valence-electron chi connectivity index (χ3n) is 4.76. The molecule has 0 bridgehead atoms. The third-order valence-corrected chi connectivity index (χ3v) is 6.38. The van der Waals surface area contributed by atoms with Gasteiger partial charge in [-0.2, -0.15) is 0 Å². The minimum Gasteiger partial charge on any atom is -0.487 e. The molecule has 0 atom stereocenters. The third kappa shape index (κ3) is 7.57. The van der Waals surface area contributed by atoms with Crippen molar-refractivity contribution in [3.63, 3.8) is 0 Å². The van der Waals surface area contributed by atoms with Crippen LogP contribution in [0.3, 0.4) is 0 Å². The Hall–Kier alpha value is -3.12. The van der Waals surface area contributed by atoms with Gasteiger partial charge in [-0.15, -0.1) is 0 Å². The number of ether oxygens (including phenoxy) is 1. The lowest BCUT2D eigenvalue weighted by Crippen LogP contribution is -2.25. The van der Waals surface area contributed by atoms with Crippen LogP contribution in [0, 0.1) is 6.92 Å². The van der Waals surface area contributed by atoms with Crippen LogP contribution in [0.25, 0.3) is 0 Å². The Morgan fingerprint density at radius 3 is 2.23 bits per heavy atom. The van der Waals surface area contributed by atoms with E-state index in [-0.39, 0.29) is 5.75 Å². The SMILES string of the molecule is Cc1ccc(NC(=O)CS(=O)(=O)CCCc2ccccc2)c(OCc2ccccc2)c1. The summed E-state index contributed by atoms with van der Waals surface area (Å²) < 4.78 is 30.6. The number of nitrogens with one attached hydrogen (secondary N) is 1. The number of hydrogen-bond acceptors (Lipinski definition) is 4. The molecule has 0 aliphatic carbocycles. The van der Waals surface area contributed by atoms with Gasteiger partial charge in [-0.25, -0.2) is 8.42 Å². The molecule has 3 aromatic rings. The Morgan fingerprint density at radius 2 is 1.55 bits per heavy atom. The molecule has 0 aliphatic heterocycles. The number of carbonyl (C=O) groups excluding carboxylic acids is 1. The van der Waals surface area contributed by atoms with E-state index in [2.05, 4.69) is 5.32 Å². The minimum absolute atomic E-state index is 0.0272. The van der Waals surface area contributed by atoms with Crippen molar-refractivity contribution in [3.8, 4) is 5.75 Å². The van der Waals surface area contributed by atoms with Crippen molar-refractivity contribution in [2.45, 2.75) is 26.4 Å². The molecule has 0 saturated heterocycles. The predicted octanol–water partition coefficient (Wildman–Crippen LogP) is 4.56. The molecule has 3 rings (SSSR count). The highest BCUT2D eigenvalue weighted by Crippen LogP contribution is 2.27. The Labute approximate surface area is 184 Å². The van der Waals surface area contributed by atoms with Crippen molar-refractivity contribution in [1.29, 1.82) is 0 Å². The normalized spacial score (nSPS) is 11.1. The van der Waals surface area contributed by atoms with Gasteiger partial charge in [0.05, 0.1) is 11.4 Å². The summed E-state index contributed by atoms with van der Waals surface area (Å²) in [6.45, 7) is 2.28. The molecule has 5 nitrogen and oxygen atoms in total. The lowest BCUT2D eigenvalue weighted by atomic mass is 10.1. The molecule has 31 heavy (non-hydrogen) atoms. The molecule has 1 amide bonds. The van der Waals surface area contributed by atoms with Crippen LogP contribution in [-0.4, -0.2) is 25.8 Å². The number of aryl methyl sites for hydroxylation is 2. The molecule has 0 heterocycles. The summed E-state index contributed by atoms with van der Waals surface area (Å²) in [5.74, 6) is -0.624. The summed E-state index contributed by atoms with van der Waals surface area (Å²) in [7, 11) is -3.50. The average molecular weight is 438 g/mol. The molecule has 0 spiro atoms. The molecule has 162 valence electrons. The zero-order valence-corrected chi connectivity index (χ0v) is 18.4. The van der Waals surface area contributed by atoms with Crippen molar-refractivity contribution in [2.75, 3.05) is 16.8 Å². The van der Waals surface area contributed by atoms with Gasteiger partial charge in [0.1, 0.15) is 18.1 Å². The van der Waals surface area contributed by atoms with Gasteiger partial charge in [0, 0.05) is 0 Å². The van der Waals surface area contributed by atoms with Crippen molar-refractivity contribution in [3.05, 3.63) is 95.6 Å². The van der Waals surface area contributed by atoms with Crippen LogP contribution in [0.2, 0.25) is 0 Å². The first kappa shape index (κ1) is 22.6. The number of sulfone groups is 1. The van der Waals surface area contributed by atoms with Crippen LogP contribution in [0.5, 0.6) is 5.75 Å². The smallest absolute Gasteiger partial charge is 0.239 e. The second kappa shape index (κ2) is 10.8. The summed E-state index contributed by atoms with van der Waals surface area (Å²) >= 11 is 0. The van der Waals surface area contributed by atoms with E-state index < -0.39 is 21.5 Å². The molecular weight excluding hydrogens is 410 g/mol. The fourth-order valence-electron chi connectivity index (χ4n) is 3.19. The molecule has 0 fully saturated rings. The van der Waals surface area contributed by atoms with E-state index in [0.29, 0.717) is 30.9 Å². The van der Waals surface area contributed by atoms with Gasteiger partial charge in [-0.05, 0) is 48.6 Å². The Balaban J connectivity index is 1.56. The highest BCUT2D eigenvalue weighted by Gasteiger charge is 2.18. The zero-order valence-electron chi connectivity index (χ0n) is 17.6. The predicted molar refractivity (Wildman–Crippen MR) is 124 cm³/mol. The summed E-state index contributed by atoms with van der Waals surface area (Å²) in [6.07, 6.45) is 1.15. The van der Waals surface area contributed by atoms with E-state index in [1.54, 1.807) is 6.07 Å². The van der Waals surface area contributed by atoms with Crippen LogP contribution >= 0.6 is 0 Å². The maximum absolute atomic E-state index is 12.4. The number of anilines is 1. The lowest BCUT2D eigenvalue weighted by Gasteiger charge is -2.14. The molecule has 0 radical (unpaired) electrons. The van der Waals surface area contributed by atoms with Gasteiger partial charge in [0.2, 0.25) is 5.91 Å². The zero-order chi connectivity index (χ0) is 22.1. The summed E-state index contributed by atoms with van der Waals surface area (Å²) in [5.41, 5.74) is 3.53. The van der Waals surface area contributed by atoms with E-state index in [1.807, 2.05) is 79.7 Å². The number of carbonyl (C=O) groups is 1. The van der Waals surface area contributed by atoms with Crippen molar-refractivity contribution < 1.29 is 17.9 Å². The van der Waals surface area contributed by atoms with E-state index in [4.69, 9.17) is 4.74 Å². The first-order valence-electron chi connectivity index (χ1n) is 10.2. The van der Waals surface area contributed by atoms with Crippen LogP contribution in [-0.2, 0) is 27.7 Å². The van der Waals surface area contributed by atoms with E-state index in [9.17, 15) is 13.2 Å². The van der Waals surface area contributed by atoms with Gasteiger partial charge in [0.15, 0.2) is 9.84 Å². The monoisotopic (exact) mass is 437 g/mol. The Bertz CT molecular complexity index is 1100. The van der Waals surface area contributed by atoms with Gasteiger partial charge in [-0.3, -0.25) is 4.79 Å². The van der Waals surface area contributed by atoms with Crippen LogP contribution in [0.1, 0.15) is 23.1 Å². The van der Waals surface area contributed by atoms with E-state index in [0.717, 1.165) is 16.7 Å². The fourth-order valence-corrected chi connectivity index (χ4v) is 4.39. The Kier molecular flexibility index (Phi) is 7.84. The highest BCUT2D eigenvalue weighted by atomic mass is 32.2. The van der Waals surface area contributed by atoms with Crippen molar-refractivity contribution in [2.24, 2.45) is 0 Å². The Morgan fingerprint density at radius 1 is 0.903 bits per heavy atom. The molecule has 6 heteroatoms. The standard InChI is InChI=1S/C25H27NO4S/c1-20-14-15-23(24(17-20)30-18-22-11-6-3-7-12-22)26-25(27)19-31(28,29)16-8-13-21-9-4-2-5-10-21/h2-7,9-12,14-15,17H,8,13,16,18-19H2,1H3,(H,26,27). The fraction of sp³-hybridized carbons (Fsp3) is 0.240. The molecule has 3 aromatic carbocycles. The second-order valence-electron chi connectivity index (χ2n) is 7.50. The van der Waals surface area contributed by atoms with Crippen molar-refractivity contribution >= 4 is 21.4 Å². The number of rotatable bonds is 10. The number of benzene rings is 3. The van der Waals surface area contributed by atoms with Crippen molar-refractivity contribution in [1.82, 2.24) is 0 Å².